The number of carbonyl (C=O) groups is 2. The quantitative estimate of drug-likeness (QED) is 0.504. The van der Waals surface area contributed by atoms with Crippen LogP contribution in [0.1, 0.15) is 59.3 Å². The molecule has 0 heterocycles. The standard InChI is InChI=1S/C21H28O2/c1-15(2)6-4-7-16(3)8-5-9-17-10-12-19-18(14-17)11-13-20(22)21(19)23/h6,8,10-11,13,18-19H,4-5,7,9,12,14H2,1-3H3/b16-8+. The molecule has 2 aliphatic rings. The smallest absolute Gasteiger partial charge is 0.221 e. The molecule has 0 spiro atoms. The molecule has 0 saturated carbocycles. The first kappa shape index (κ1) is 17.7. The van der Waals surface area contributed by atoms with Crippen LogP contribution in [0.5, 0.6) is 0 Å². The van der Waals surface area contributed by atoms with Crippen molar-refractivity contribution < 1.29 is 9.59 Å². The fraction of sp³-hybridized carbons (Fsp3) is 0.524. The van der Waals surface area contributed by atoms with Gasteiger partial charge in [-0.25, -0.2) is 0 Å². The highest BCUT2D eigenvalue weighted by Gasteiger charge is 2.35. The van der Waals surface area contributed by atoms with Crippen LogP contribution in [-0.2, 0) is 9.59 Å². The van der Waals surface area contributed by atoms with Crippen LogP contribution < -0.4 is 0 Å². The summed E-state index contributed by atoms with van der Waals surface area (Å²) in [5, 5.41) is 0. The first-order valence-electron chi connectivity index (χ1n) is 8.70. The molecule has 0 aliphatic heterocycles. The molecule has 2 atom stereocenters. The van der Waals surface area contributed by atoms with Crippen LogP contribution in [0.15, 0.2) is 47.1 Å². The highest BCUT2D eigenvalue weighted by molar-refractivity contribution is 6.43. The molecule has 0 amide bonds. The van der Waals surface area contributed by atoms with E-state index in [4.69, 9.17) is 0 Å². The lowest BCUT2D eigenvalue weighted by Gasteiger charge is -2.29. The van der Waals surface area contributed by atoms with Crippen LogP contribution in [0.3, 0.4) is 0 Å². The molecule has 0 aromatic carbocycles. The minimum absolute atomic E-state index is 0.0994. The summed E-state index contributed by atoms with van der Waals surface area (Å²) in [5.41, 5.74) is 4.27. The Labute approximate surface area is 140 Å². The predicted octanol–water partition coefficient (Wildman–Crippen LogP) is 5.12. The molecule has 124 valence electrons. The zero-order valence-electron chi connectivity index (χ0n) is 14.6. The molecule has 0 bridgehead atoms. The molecule has 2 unspecified atom stereocenters. The van der Waals surface area contributed by atoms with Crippen molar-refractivity contribution in [3.05, 3.63) is 47.1 Å². The number of Topliss-reactive ketones (excluding diaryl/α,β-unsaturated/α-hetero) is 1. The number of hydrogen-bond acceptors (Lipinski definition) is 2. The Balaban J connectivity index is 1.80. The molecule has 2 rings (SSSR count). The van der Waals surface area contributed by atoms with Crippen LogP contribution in [0.2, 0.25) is 0 Å². The first-order chi connectivity index (χ1) is 11.0. The molecule has 0 aromatic heterocycles. The number of ketones is 2. The summed E-state index contributed by atoms with van der Waals surface area (Å²) in [6, 6.07) is 0. The molecule has 0 aromatic rings. The molecule has 2 aliphatic carbocycles. The van der Waals surface area contributed by atoms with E-state index in [1.54, 1.807) is 0 Å². The average Bonchev–Trinajstić information content (AvgIpc) is 2.51. The first-order valence-corrected chi connectivity index (χ1v) is 8.70. The van der Waals surface area contributed by atoms with Gasteiger partial charge in [0.25, 0.3) is 0 Å². The third-order valence-corrected chi connectivity index (χ3v) is 4.80. The SMILES string of the molecule is CC(C)=CCC/C(C)=C/CCC1=CCC2C(=O)C(=O)C=CC2C1. The summed E-state index contributed by atoms with van der Waals surface area (Å²) in [6.07, 6.45) is 16.3. The molecular weight excluding hydrogens is 284 g/mol. The second-order valence-corrected chi connectivity index (χ2v) is 7.07. The second kappa shape index (κ2) is 8.24. The second-order valence-electron chi connectivity index (χ2n) is 7.07. The Morgan fingerprint density at radius 1 is 1.17 bits per heavy atom. The van der Waals surface area contributed by atoms with Gasteiger partial charge in [0.2, 0.25) is 11.6 Å². The Bertz CT molecular complexity index is 583. The van der Waals surface area contributed by atoms with Gasteiger partial charge in [0.1, 0.15) is 0 Å². The summed E-state index contributed by atoms with van der Waals surface area (Å²) in [7, 11) is 0. The van der Waals surface area contributed by atoms with E-state index in [9.17, 15) is 9.59 Å². The van der Waals surface area contributed by atoms with Crippen LogP contribution in [0, 0.1) is 11.8 Å². The summed E-state index contributed by atoms with van der Waals surface area (Å²) >= 11 is 0. The van der Waals surface area contributed by atoms with Gasteiger partial charge in [0, 0.05) is 5.92 Å². The van der Waals surface area contributed by atoms with E-state index in [2.05, 4.69) is 39.0 Å². The largest absolute Gasteiger partial charge is 0.290 e. The molecule has 23 heavy (non-hydrogen) atoms. The van der Waals surface area contributed by atoms with E-state index in [1.807, 2.05) is 6.08 Å². The number of carbonyl (C=O) groups excluding carboxylic acids is 2. The highest BCUT2D eigenvalue weighted by Crippen LogP contribution is 2.35. The number of rotatable bonds is 6. The van der Waals surface area contributed by atoms with Gasteiger partial charge in [-0.15, -0.1) is 0 Å². The van der Waals surface area contributed by atoms with E-state index in [1.165, 1.54) is 22.8 Å². The van der Waals surface area contributed by atoms with Crippen LogP contribution in [0.4, 0.5) is 0 Å². The Morgan fingerprint density at radius 3 is 2.70 bits per heavy atom. The van der Waals surface area contributed by atoms with E-state index >= 15 is 0 Å². The lowest BCUT2D eigenvalue weighted by Crippen LogP contribution is -2.33. The zero-order chi connectivity index (χ0) is 16.8. The summed E-state index contributed by atoms with van der Waals surface area (Å²) in [6.45, 7) is 6.48. The normalized spacial score (nSPS) is 24.3. The number of allylic oxidation sites excluding steroid dienone is 8. The maximum atomic E-state index is 11.9. The van der Waals surface area contributed by atoms with Crippen molar-refractivity contribution in [1.82, 2.24) is 0 Å². The van der Waals surface area contributed by atoms with E-state index < -0.39 is 0 Å². The minimum Gasteiger partial charge on any atom is -0.290 e. The monoisotopic (exact) mass is 312 g/mol. The molecule has 0 radical (unpaired) electrons. The summed E-state index contributed by atoms with van der Waals surface area (Å²) < 4.78 is 0. The highest BCUT2D eigenvalue weighted by atomic mass is 16.2. The predicted molar refractivity (Wildman–Crippen MR) is 95.1 cm³/mol. The fourth-order valence-corrected chi connectivity index (χ4v) is 3.37. The Morgan fingerprint density at radius 2 is 1.96 bits per heavy atom. The Kier molecular flexibility index (Phi) is 6.32. The third kappa shape index (κ3) is 5.16. The zero-order valence-corrected chi connectivity index (χ0v) is 14.6. The third-order valence-electron chi connectivity index (χ3n) is 4.80. The van der Waals surface area contributed by atoms with Crippen molar-refractivity contribution in [2.24, 2.45) is 11.8 Å². The fourth-order valence-electron chi connectivity index (χ4n) is 3.37. The van der Waals surface area contributed by atoms with Crippen LogP contribution >= 0.6 is 0 Å². The van der Waals surface area contributed by atoms with Crippen molar-refractivity contribution in [2.45, 2.75) is 59.3 Å². The van der Waals surface area contributed by atoms with Gasteiger partial charge >= 0.3 is 0 Å². The van der Waals surface area contributed by atoms with Crippen LogP contribution in [-0.4, -0.2) is 11.6 Å². The van der Waals surface area contributed by atoms with Gasteiger partial charge in [-0.3, -0.25) is 9.59 Å². The van der Waals surface area contributed by atoms with Gasteiger partial charge in [-0.05, 0) is 71.3 Å². The molecule has 2 heteroatoms. The molecule has 0 fully saturated rings. The average molecular weight is 312 g/mol. The topological polar surface area (TPSA) is 34.1 Å². The van der Waals surface area contributed by atoms with Crippen molar-refractivity contribution in [3.8, 4) is 0 Å². The van der Waals surface area contributed by atoms with Gasteiger partial charge in [-0.2, -0.15) is 0 Å². The maximum absolute atomic E-state index is 11.9. The van der Waals surface area contributed by atoms with Crippen molar-refractivity contribution >= 4 is 11.6 Å². The lowest BCUT2D eigenvalue weighted by molar-refractivity contribution is -0.137. The molecular formula is C21H28O2. The summed E-state index contributed by atoms with van der Waals surface area (Å²) in [4.78, 5) is 23.3. The molecule has 2 nitrogen and oxygen atoms in total. The Hall–Kier alpha value is -1.70. The van der Waals surface area contributed by atoms with Crippen LogP contribution in [0.25, 0.3) is 0 Å². The minimum atomic E-state index is -0.321. The van der Waals surface area contributed by atoms with Gasteiger partial charge in [0.05, 0.1) is 0 Å². The maximum Gasteiger partial charge on any atom is 0.221 e. The number of hydrogen-bond donors (Lipinski definition) is 0. The van der Waals surface area contributed by atoms with Crippen molar-refractivity contribution in [3.63, 3.8) is 0 Å². The molecule has 0 N–H and O–H groups in total. The number of fused-ring (bicyclic) bond motifs is 1. The van der Waals surface area contributed by atoms with Gasteiger partial charge < -0.3 is 0 Å². The van der Waals surface area contributed by atoms with Crippen molar-refractivity contribution in [2.75, 3.05) is 0 Å². The van der Waals surface area contributed by atoms with E-state index in [-0.39, 0.29) is 23.4 Å². The van der Waals surface area contributed by atoms with Crippen molar-refractivity contribution in [1.29, 1.82) is 0 Å². The lowest BCUT2D eigenvalue weighted by atomic mass is 9.73. The van der Waals surface area contributed by atoms with E-state index in [0.717, 1.165) is 38.5 Å². The summed E-state index contributed by atoms with van der Waals surface area (Å²) in [5.74, 6) is -0.374. The van der Waals surface area contributed by atoms with Gasteiger partial charge in [-0.1, -0.05) is 41.0 Å². The van der Waals surface area contributed by atoms with E-state index in [0.29, 0.717) is 0 Å². The molecule has 0 saturated heterocycles. The van der Waals surface area contributed by atoms with Gasteiger partial charge in [0.15, 0.2) is 0 Å².